The van der Waals surface area contributed by atoms with Gasteiger partial charge in [0.1, 0.15) is 18.1 Å². The van der Waals surface area contributed by atoms with Crippen molar-refractivity contribution < 1.29 is 71.5 Å². The molecule has 1 aromatic heterocycles. The van der Waals surface area contributed by atoms with Gasteiger partial charge < -0.3 is 40.2 Å². The Morgan fingerprint density at radius 2 is 1.73 bits per heavy atom. The monoisotopic (exact) mass is 811 g/mol. The Hall–Kier alpha value is -5.31. The summed E-state index contributed by atoms with van der Waals surface area (Å²) in [7, 11) is -4.28. The molecule has 310 valence electrons. The highest BCUT2D eigenvalue weighted by atomic mass is 32.2. The van der Waals surface area contributed by atoms with E-state index in [9.17, 15) is 47.5 Å². The van der Waals surface area contributed by atoms with E-state index in [0.29, 0.717) is 19.4 Å². The number of nitrogens with one attached hydrogen (secondary N) is 2. The molecule has 2 amide bonds. The molecule has 0 spiro atoms. The van der Waals surface area contributed by atoms with E-state index in [1.807, 2.05) is 12.2 Å². The minimum absolute atomic E-state index is 0.00817. The predicted octanol–water partition coefficient (Wildman–Crippen LogP) is 1.28. The fourth-order valence-corrected chi connectivity index (χ4v) is 7.97. The van der Waals surface area contributed by atoms with Gasteiger partial charge in [-0.2, -0.15) is 0 Å². The van der Waals surface area contributed by atoms with Gasteiger partial charge in [-0.05, 0) is 68.9 Å². The minimum Gasteiger partial charge on any atom is -0.481 e. The Labute approximate surface area is 322 Å². The number of carbonyl (C=O) groups is 6. The molecule has 0 bridgehead atoms. The molecule has 2 aromatic rings. The fraction of sp³-hybridized carbons (Fsp3) is 0.600. The molecule has 2 aliphatic rings. The molecule has 1 aromatic carbocycles. The number of sulfone groups is 1. The Morgan fingerprint density at radius 1 is 1.05 bits per heavy atom. The number of aromatic nitrogens is 2. The topological polar surface area (TPSA) is 296 Å². The number of hydrogen-bond donors (Lipinski definition) is 5. The number of nitrogens with zero attached hydrogens (tertiary/aromatic N) is 3. The number of benzene rings is 1. The molecular formula is C35H49N5O15S. The van der Waals surface area contributed by atoms with Crippen LogP contribution in [0.15, 0.2) is 44.9 Å². The highest BCUT2D eigenvalue weighted by Crippen LogP contribution is 2.40. The number of hydrogen-bond acceptors (Lipinski definition) is 14. The Morgan fingerprint density at radius 3 is 2.34 bits per heavy atom. The van der Waals surface area contributed by atoms with Gasteiger partial charge in [0.2, 0.25) is 11.8 Å². The maximum Gasteiger partial charge on any atom is 0.414 e. The first-order valence-electron chi connectivity index (χ1n) is 18.3. The maximum absolute atomic E-state index is 13.1. The molecule has 1 aliphatic heterocycles. The molecule has 4 rings (SSSR count). The third-order valence-electron chi connectivity index (χ3n) is 9.25. The molecular weight excluding hydrogens is 762 g/mol. The molecule has 56 heavy (non-hydrogen) atoms. The smallest absolute Gasteiger partial charge is 0.414 e. The van der Waals surface area contributed by atoms with Gasteiger partial charge in [-0.1, -0.05) is 44.4 Å². The molecule has 0 unspecified atom stereocenters. The third kappa shape index (κ3) is 12.1. The summed E-state index contributed by atoms with van der Waals surface area (Å²) < 4.78 is 39.7. The second-order valence-electron chi connectivity index (χ2n) is 13.3. The summed E-state index contributed by atoms with van der Waals surface area (Å²) in [6, 6.07) is 3.54. The summed E-state index contributed by atoms with van der Waals surface area (Å²) in [6.45, 7) is 5.46. The quantitative estimate of drug-likeness (QED) is 0.0758. The van der Waals surface area contributed by atoms with Crippen molar-refractivity contribution in [3.63, 3.8) is 0 Å². The SMILES string of the molecule is CCC[C@H](N[C@@H](C)C(=O)N1[C@H](C(=O)O)C[C@@H]2CCCC[C@@H]21)C(=O)OCC.O=C(O)C[C@H](NC(=O)CCCOc1no[n+]([O-])c1S(=O)(=O)c1ccccc1)C(=O)O. The molecule has 0 radical (unpaired) electrons. The average Bonchev–Trinajstić information content (AvgIpc) is 3.74. The van der Waals surface area contributed by atoms with Gasteiger partial charge in [-0.25, -0.2) is 18.0 Å². The van der Waals surface area contributed by atoms with Gasteiger partial charge in [-0.15, -0.1) is 0 Å². The van der Waals surface area contributed by atoms with Crippen LogP contribution in [0.3, 0.4) is 0 Å². The summed E-state index contributed by atoms with van der Waals surface area (Å²) in [5, 5.41) is 46.4. The van der Waals surface area contributed by atoms with Crippen molar-refractivity contribution in [3.8, 4) is 5.88 Å². The van der Waals surface area contributed by atoms with E-state index in [1.165, 1.54) is 24.3 Å². The van der Waals surface area contributed by atoms with E-state index in [2.05, 4.69) is 15.1 Å². The van der Waals surface area contributed by atoms with Crippen LogP contribution in [0.4, 0.5) is 0 Å². The van der Waals surface area contributed by atoms with E-state index in [-0.39, 0.29) is 53.1 Å². The van der Waals surface area contributed by atoms with Crippen LogP contribution in [0.25, 0.3) is 0 Å². The molecule has 1 saturated heterocycles. The van der Waals surface area contributed by atoms with E-state index >= 15 is 0 Å². The normalized spacial score (nSPS) is 19.3. The van der Waals surface area contributed by atoms with Crippen LogP contribution in [0, 0.1) is 11.1 Å². The number of esters is 1. The van der Waals surface area contributed by atoms with Crippen LogP contribution in [0.1, 0.15) is 85.0 Å². The largest absolute Gasteiger partial charge is 0.481 e. The fourth-order valence-electron chi connectivity index (χ4n) is 6.68. The summed E-state index contributed by atoms with van der Waals surface area (Å²) in [5.74, 6) is -5.48. The van der Waals surface area contributed by atoms with Crippen LogP contribution < -0.4 is 20.3 Å². The number of aliphatic carboxylic acids is 3. The van der Waals surface area contributed by atoms with Gasteiger partial charge in [-0.3, -0.25) is 29.1 Å². The molecule has 2 fully saturated rings. The van der Waals surface area contributed by atoms with Crippen LogP contribution in [0.2, 0.25) is 0 Å². The van der Waals surface area contributed by atoms with Crippen LogP contribution in [0.5, 0.6) is 5.88 Å². The zero-order valence-electron chi connectivity index (χ0n) is 31.3. The molecule has 21 heteroatoms. The first kappa shape index (κ1) is 45.1. The molecule has 1 saturated carbocycles. The highest BCUT2D eigenvalue weighted by Gasteiger charge is 2.48. The van der Waals surface area contributed by atoms with Gasteiger partial charge >= 0.3 is 34.8 Å². The first-order chi connectivity index (χ1) is 26.5. The third-order valence-corrected chi connectivity index (χ3v) is 11.0. The lowest BCUT2D eigenvalue weighted by Crippen LogP contribution is -2.55. The van der Waals surface area contributed by atoms with Crippen molar-refractivity contribution >= 4 is 45.5 Å². The summed E-state index contributed by atoms with van der Waals surface area (Å²) >= 11 is 0. The number of fused-ring (bicyclic) bond motifs is 1. The van der Waals surface area contributed by atoms with Crippen molar-refractivity contribution in [2.75, 3.05) is 13.2 Å². The Balaban J connectivity index is 0.000000303. The van der Waals surface area contributed by atoms with Gasteiger partial charge in [0.15, 0.2) is 0 Å². The van der Waals surface area contributed by atoms with Crippen molar-refractivity contribution in [3.05, 3.63) is 35.5 Å². The van der Waals surface area contributed by atoms with Crippen molar-refractivity contribution in [2.45, 2.75) is 125 Å². The van der Waals surface area contributed by atoms with Gasteiger partial charge in [0.05, 0.1) is 35.7 Å². The second kappa shape index (κ2) is 21.1. The lowest BCUT2D eigenvalue weighted by atomic mass is 9.84. The average molecular weight is 812 g/mol. The number of likely N-dealkylation sites (tertiary alicyclic amines) is 1. The Bertz CT molecular complexity index is 1790. The summed E-state index contributed by atoms with van der Waals surface area (Å²) in [5.41, 5.74) is 0. The number of rotatable bonds is 19. The van der Waals surface area contributed by atoms with E-state index in [1.54, 1.807) is 24.8 Å². The van der Waals surface area contributed by atoms with Crippen LogP contribution in [-0.2, 0) is 43.3 Å². The molecule has 20 nitrogen and oxygen atoms in total. The lowest BCUT2D eigenvalue weighted by molar-refractivity contribution is -0.832. The van der Waals surface area contributed by atoms with Crippen molar-refractivity contribution in [1.82, 2.24) is 20.7 Å². The second-order valence-corrected chi connectivity index (χ2v) is 15.2. The van der Waals surface area contributed by atoms with Gasteiger partial charge in [0.25, 0.3) is 9.84 Å². The van der Waals surface area contributed by atoms with Crippen LogP contribution >= 0.6 is 0 Å². The summed E-state index contributed by atoms with van der Waals surface area (Å²) in [6.07, 6.45) is 4.82. The van der Waals surface area contributed by atoms with Crippen molar-refractivity contribution in [2.24, 2.45) is 5.92 Å². The van der Waals surface area contributed by atoms with Crippen LogP contribution in [-0.4, -0.2) is 113 Å². The zero-order chi connectivity index (χ0) is 41.6. The first-order valence-corrected chi connectivity index (χ1v) is 19.8. The number of amides is 2. The highest BCUT2D eigenvalue weighted by molar-refractivity contribution is 7.91. The number of carboxylic acids is 3. The minimum atomic E-state index is -4.28. The number of carboxylic acid groups (broad SMARTS) is 3. The molecule has 1 aliphatic carbocycles. The van der Waals surface area contributed by atoms with E-state index < -0.39 is 75.1 Å². The molecule has 5 N–H and O–H groups in total. The predicted molar refractivity (Wildman–Crippen MR) is 190 cm³/mol. The summed E-state index contributed by atoms with van der Waals surface area (Å²) in [4.78, 5) is 71.3. The molecule has 6 atom stereocenters. The van der Waals surface area contributed by atoms with Gasteiger partial charge in [0, 0.05) is 12.5 Å². The van der Waals surface area contributed by atoms with E-state index in [4.69, 9.17) is 19.7 Å². The molecule has 2 heterocycles. The van der Waals surface area contributed by atoms with E-state index in [0.717, 1.165) is 32.1 Å². The zero-order valence-corrected chi connectivity index (χ0v) is 32.1. The Kier molecular flexibility index (Phi) is 17.0. The standard InChI is InChI=1S/C19H32N2O5.C16H17N3O10S/c1-4-8-14(19(25)26-5-2)20-12(3)17(22)21-15-10-7-6-9-13(15)11-16(21)18(23)24;20-12(17-11(16(23)24)9-13(21)22)7-4-8-28-14-15(19(25)29-18-14)30(26,27)10-5-2-1-3-6-10/h12-16,20H,4-11H2,1-3H3,(H,23,24);1-3,5-6,11H,4,7-9H2,(H,17,20)(H,21,22)(H,23,24)/t12-,13-,14-,15-,16-;11-/m00/s1. The number of ether oxygens (including phenoxy) is 2. The lowest BCUT2D eigenvalue weighted by Gasteiger charge is -2.35. The number of carbonyl (C=O) groups excluding carboxylic acids is 3. The maximum atomic E-state index is 13.1. The van der Waals surface area contributed by atoms with Crippen molar-refractivity contribution in [1.29, 1.82) is 0 Å².